The summed E-state index contributed by atoms with van der Waals surface area (Å²) in [6.07, 6.45) is 0.0262. The smallest absolute Gasteiger partial charge is 0.313 e. The molecule has 0 aliphatic carbocycles. The van der Waals surface area contributed by atoms with Gasteiger partial charge in [-0.2, -0.15) is 0 Å². The van der Waals surface area contributed by atoms with Crippen LogP contribution in [0.1, 0.15) is 71.1 Å². The molecule has 0 radical (unpaired) electrons. The van der Waals surface area contributed by atoms with Gasteiger partial charge < -0.3 is 9.84 Å². The van der Waals surface area contributed by atoms with Crippen LogP contribution in [-0.2, 0) is 4.79 Å². The summed E-state index contributed by atoms with van der Waals surface area (Å²) in [7, 11) is 0. The number of carbonyl (C=O) groups excluding carboxylic acids is 1. The highest BCUT2D eigenvalue weighted by molar-refractivity contribution is 5.85. The van der Waals surface area contributed by atoms with Crippen LogP contribution in [0.3, 0.4) is 0 Å². The molecule has 0 saturated carbocycles. The van der Waals surface area contributed by atoms with E-state index in [1.54, 1.807) is 19.9 Å². The number of aliphatic hydroxyl groups excluding tert-OH is 1. The first-order valence-electron chi connectivity index (χ1n) is 11.0. The zero-order valence-corrected chi connectivity index (χ0v) is 20.4. The summed E-state index contributed by atoms with van der Waals surface area (Å²) in [6, 6.07) is 18.3. The zero-order valence-electron chi connectivity index (χ0n) is 19.6. The summed E-state index contributed by atoms with van der Waals surface area (Å²) in [4.78, 5) is 14.6. The van der Waals surface area contributed by atoms with Crippen molar-refractivity contribution in [2.45, 2.75) is 72.1 Å². The van der Waals surface area contributed by atoms with Crippen LogP contribution < -0.4 is 4.74 Å². The molecule has 2 aromatic rings. The minimum atomic E-state index is -0.773. The van der Waals surface area contributed by atoms with E-state index >= 15 is 0 Å². The van der Waals surface area contributed by atoms with Gasteiger partial charge in [-0.1, -0.05) is 62.4 Å². The van der Waals surface area contributed by atoms with Crippen molar-refractivity contribution >= 4 is 18.4 Å². The Labute approximate surface area is 194 Å². The molecule has 2 rings (SSSR count). The summed E-state index contributed by atoms with van der Waals surface area (Å²) in [5.74, 6) is -0.193. The third-order valence-corrected chi connectivity index (χ3v) is 5.55. The van der Waals surface area contributed by atoms with Crippen molar-refractivity contribution in [2.24, 2.45) is 5.92 Å². The van der Waals surface area contributed by atoms with Crippen LogP contribution in [0.25, 0.3) is 0 Å². The van der Waals surface area contributed by atoms with Crippen LogP contribution >= 0.6 is 12.4 Å². The third-order valence-electron chi connectivity index (χ3n) is 5.55. The Hall–Kier alpha value is -1.88. The van der Waals surface area contributed by atoms with Gasteiger partial charge in [0.15, 0.2) is 0 Å². The molecule has 0 aromatic heterocycles. The number of halogens is 1. The van der Waals surface area contributed by atoms with Crippen molar-refractivity contribution in [3.05, 3.63) is 65.7 Å². The molecule has 172 valence electrons. The average Bonchev–Trinajstić information content (AvgIpc) is 2.71. The van der Waals surface area contributed by atoms with E-state index in [2.05, 4.69) is 44.7 Å². The fraction of sp³-hybridized carbons (Fsp3) is 0.500. The zero-order chi connectivity index (χ0) is 22.3. The highest BCUT2D eigenvalue weighted by Crippen LogP contribution is 2.38. The molecule has 31 heavy (non-hydrogen) atoms. The monoisotopic (exact) mass is 447 g/mol. The third kappa shape index (κ3) is 7.64. The van der Waals surface area contributed by atoms with Gasteiger partial charge in [0.05, 0.1) is 12.0 Å². The van der Waals surface area contributed by atoms with Gasteiger partial charge >= 0.3 is 5.97 Å². The largest absolute Gasteiger partial charge is 0.426 e. The maximum Gasteiger partial charge on any atom is 0.313 e. The number of esters is 1. The van der Waals surface area contributed by atoms with Gasteiger partial charge in [0, 0.05) is 23.6 Å². The Balaban J connectivity index is 0.00000480. The Morgan fingerprint density at radius 2 is 1.45 bits per heavy atom. The molecule has 5 heteroatoms. The highest BCUT2D eigenvalue weighted by atomic mass is 35.5. The quantitative estimate of drug-likeness (QED) is 0.358. The molecule has 2 atom stereocenters. The molecular formula is C26H38ClNO3. The lowest BCUT2D eigenvalue weighted by atomic mass is 9.86. The SMILES string of the molecule is CC(C)C(=O)Oc1ccccc1C(O)[C@H](CCN(C(C)C)C(C)C)c1ccccc1.Cl. The van der Waals surface area contributed by atoms with E-state index in [4.69, 9.17) is 4.74 Å². The van der Waals surface area contributed by atoms with Crippen LogP contribution in [0.2, 0.25) is 0 Å². The molecule has 0 fully saturated rings. The molecule has 0 saturated heterocycles. The first-order valence-corrected chi connectivity index (χ1v) is 11.0. The summed E-state index contributed by atoms with van der Waals surface area (Å²) < 4.78 is 5.61. The molecular weight excluding hydrogens is 410 g/mol. The molecule has 0 aliphatic rings. The first kappa shape index (κ1) is 27.2. The number of ether oxygens (including phenoxy) is 1. The van der Waals surface area contributed by atoms with E-state index in [1.165, 1.54) is 0 Å². The summed E-state index contributed by atoms with van der Waals surface area (Å²) >= 11 is 0. The molecule has 0 bridgehead atoms. The van der Waals surface area contributed by atoms with Gasteiger partial charge in [0.2, 0.25) is 0 Å². The lowest BCUT2D eigenvalue weighted by Crippen LogP contribution is -2.38. The predicted octanol–water partition coefficient (Wildman–Crippen LogP) is 6.00. The molecule has 0 spiro atoms. The number of aliphatic hydroxyl groups is 1. The van der Waals surface area contributed by atoms with E-state index in [1.807, 2.05) is 36.4 Å². The molecule has 0 aliphatic heterocycles. The van der Waals surface area contributed by atoms with Gasteiger partial charge in [-0.05, 0) is 52.3 Å². The Bertz CT molecular complexity index is 784. The number of carbonyl (C=O) groups is 1. The fourth-order valence-electron chi connectivity index (χ4n) is 3.87. The van der Waals surface area contributed by atoms with Crippen molar-refractivity contribution in [3.8, 4) is 5.75 Å². The van der Waals surface area contributed by atoms with E-state index < -0.39 is 6.10 Å². The molecule has 1 N–H and O–H groups in total. The number of rotatable bonds is 10. The van der Waals surface area contributed by atoms with Crippen molar-refractivity contribution in [1.82, 2.24) is 4.90 Å². The average molecular weight is 448 g/mol. The van der Waals surface area contributed by atoms with Gasteiger partial charge in [-0.3, -0.25) is 9.69 Å². The van der Waals surface area contributed by atoms with E-state index in [9.17, 15) is 9.90 Å². The predicted molar refractivity (Wildman–Crippen MR) is 130 cm³/mol. The normalized spacial score (nSPS) is 13.4. The van der Waals surface area contributed by atoms with Gasteiger partial charge in [-0.25, -0.2) is 0 Å². The lowest BCUT2D eigenvalue weighted by Gasteiger charge is -2.33. The van der Waals surface area contributed by atoms with Crippen LogP contribution in [0.5, 0.6) is 5.75 Å². The lowest BCUT2D eigenvalue weighted by molar-refractivity contribution is -0.137. The minimum Gasteiger partial charge on any atom is -0.426 e. The van der Waals surface area contributed by atoms with Crippen molar-refractivity contribution in [2.75, 3.05) is 6.54 Å². The maximum absolute atomic E-state index is 12.2. The van der Waals surface area contributed by atoms with E-state index in [-0.39, 0.29) is 30.2 Å². The molecule has 1 unspecified atom stereocenters. The van der Waals surface area contributed by atoms with Crippen molar-refractivity contribution < 1.29 is 14.6 Å². The maximum atomic E-state index is 12.2. The number of hydrogen-bond acceptors (Lipinski definition) is 4. The molecule has 0 amide bonds. The van der Waals surface area contributed by atoms with Crippen LogP contribution in [0, 0.1) is 5.92 Å². The van der Waals surface area contributed by atoms with Crippen LogP contribution in [-0.4, -0.2) is 34.6 Å². The summed E-state index contributed by atoms with van der Waals surface area (Å²) in [5, 5.41) is 11.4. The second-order valence-electron chi connectivity index (χ2n) is 8.79. The van der Waals surface area contributed by atoms with Crippen LogP contribution in [0.15, 0.2) is 54.6 Å². The summed E-state index contributed by atoms with van der Waals surface area (Å²) in [6.45, 7) is 13.3. The molecule has 4 nitrogen and oxygen atoms in total. The molecule has 0 heterocycles. The minimum absolute atomic E-state index is 0. The van der Waals surface area contributed by atoms with Crippen molar-refractivity contribution in [1.29, 1.82) is 0 Å². The van der Waals surface area contributed by atoms with E-state index in [0.29, 0.717) is 23.4 Å². The number of nitrogens with zero attached hydrogens (tertiary/aromatic N) is 1. The van der Waals surface area contributed by atoms with Gasteiger partial charge in [0.1, 0.15) is 5.75 Å². The second-order valence-corrected chi connectivity index (χ2v) is 8.79. The highest BCUT2D eigenvalue weighted by Gasteiger charge is 2.27. The van der Waals surface area contributed by atoms with Crippen molar-refractivity contribution in [3.63, 3.8) is 0 Å². The standard InChI is InChI=1S/C26H37NO3.ClH/c1-18(2)26(29)30-24-15-11-10-14-23(24)25(28)22(21-12-8-7-9-13-21)16-17-27(19(3)4)20(5)6;/h7-15,18-20,22,25,28H,16-17H2,1-6H3;1H/t22-,25?;/m1./s1. The molecule has 2 aromatic carbocycles. The number of hydrogen-bond donors (Lipinski definition) is 1. The Morgan fingerprint density at radius 1 is 0.903 bits per heavy atom. The topological polar surface area (TPSA) is 49.8 Å². The Kier molecular flexibility index (Phi) is 11.3. The number of para-hydroxylation sites is 1. The first-order chi connectivity index (χ1) is 14.2. The second kappa shape index (κ2) is 12.8. The van der Waals surface area contributed by atoms with Crippen LogP contribution in [0.4, 0.5) is 0 Å². The summed E-state index contributed by atoms with van der Waals surface area (Å²) in [5.41, 5.74) is 1.74. The van der Waals surface area contributed by atoms with E-state index in [0.717, 1.165) is 18.5 Å². The number of benzene rings is 2. The van der Waals surface area contributed by atoms with Gasteiger partial charge in [0.25, 0.3) is 0 Å². The van der Waals surface area contributed by atoms with Gasteiger partial charge in [-0.15, -0.1) is 12.4 Å². The fourth-order valence-corrected chi connectivity index (χ4v) is 3.87. The Morgan fingerprint density at radius 3 is 2.00 bits per heavy atom.